The minimum Gasteiger partial charge on any atom is -0.490 e. The molecule has 194 valence electrons. The SMILES string of the molecule is CCOc1cc(/C=C2\SC(=O)N(CC(=O)c3ccccc3)C2=O)c(Br)cc1OCc1ccc(C(=O)O)cc1. The van der Waals surface area contributed by atoms with Crippen LogP contribution in [0.2, 0.25) is 0 Å². The highest BCUT2D eigenvalue weighted by molar-refractivity contribution is 9.10. The van der Waals surface area contributed by atoms with Crippen molar-refractivity contribution in [2.45, 2.75) is 13.5 Å². The first-order chi connectivity index (χ1) is 18.3. The summed E-state index contributed by atoms with van der Waals surface area (Å²) >= 11 is 4.26. The van der Waals surface area contributed by atoms with E-state index >= 15 is 0 Å². The zero-order valence-corrected chi connectivity index (χ0v) is 22.6. The monoisotopic (exact) mass is 595 g/mol. The molecule has 3 aromatic carbocycles. The second-order valence-corrected chi connectivity index (χ2v) is 9.95. The van der Waals surface area contributed by atoms with Gasteiger partial charge in [0.25, 0.3) is 11.1 Å². The van der Waals surface area contributed by atoms with E-state index in [1.54, 1.807) is 60.7 Å². The van der Waals surface area contributed by atoms with Crippen LogP contribution < -0.4 is 9.47 Å². The van der Waals surface area contributed by atoms with Gasteiger partial charge in [0.1, 0.15) is 6.61 Å². The summed E-state index contributed by atoms with van der Waals surface area (Å²) in [5.41, 5.74) is 1.97. The molecule has 8 nitrogen and oxygen atoms in total. The highest BCUT2D eigenvalue weighted by Gasteiger charge is 2.36. The van der Waals surface area contributed by atoms with E-state index in [-0.39, 0.29) is 29.4 Å². The summed E-state index contributed by atoms with van der Waals surface area (Å²) in [5.74, 6) is -0.995. The third-order valence-corrected chi connectivity index (χ3v) is 7.11. The van der Waals surface area contributed by atoms with Crippen molar-refractivity contribution >= 4 is 56.7 Å². The second kappa shape index (κ2) is 12.1. The van der Waals surface area contributed by atoms with Gasteiger partial charge in [-0.15, -0.1) is 0 Å². The highest BCUT2D eigenvalue weighted by atomic mass is 79.9. The summed E-state index contributed by atoms with van der Waals surface area (Å²) in [6, 6.07) is 18.2. The number of carbonyl (C=O) groups is 4. The number of rotatable bonds is 10. The fourth-order valence-electron chi connectivity index (χ4n) is 3.58. The summed E-state index contributed by atoms with van der Waals surface area (Å²) in [6.45, 7) is 2.03. The lowest BCUT2D eigenvalue weighted by atomic mass is 10.1. The van der Waals surface area contributed by atoms with Crippen LogP contribution in [0, 0.1) is 0 Å². The third-order valence-electron chi connectivity index (χ3n) is 5.52. The molecule has 1 aliphatic heterocycles. The Labute approximate surface area is 231 Å². The van der Waals surface area contributed by atoms with Gasteiger partial charge in [0.2, 0.25) is 0 Å². The van der Waals surface area contributed by atoms with Crippen LogP contribution in [0.3, 0.4) is 0 Å². The van der Waals surface area contributed by atoms with E-state index in [0.29, 0.717) is 33.7 Å². The molecule has 0 saturated carbocycles. The van der Waals surface area contributed by atoms with E-state index < -0.39 is 17.1 Å². The Balaban J connectivity index is 1.52. The van der Waals surface area contributed by atoms with Crippen molar-refractivity contribution in [1.82, 2.24) is 4.90 Å². The number of ketones is 1. The first-order valence-electron chi connectivity index (χ1n) is 11.5. The smallest absolute Gasteiger partial charge is 0.335 e. The van der Waals surface area contributed by atoms with Crippen LogP contribution in [0.5, 0.6) is 11.5 Å². The number of benzene rings is 3. The molecule has 38 heavy (non-hydrogen) atoms. The van der Waals surface area contributed by atoms with Crippen LogP contribution in [0.4, 0.5) is 4.79 Å². The predicted molar refractivity (Wildman–Crippen MR) is 146 cm³/mol. The van der Waals surface area contributed by atoms with Crippen LogP contribution in [-0.4, -0.2) is 46.1 Å². The topological polar surface area (TPSA) is 110 Å². The lowest BCUT2D eigenvalue weighted by Gasteiger charge is -2.14. The molecule has 0 spiro atoms. The van der Waals surface area contributed by atoms with Gasteiger partial charge in [0.15, 0.2) is 17.3 Å². The van der Waals surface area contributed by atoms with Crippen molar-refractivity contribution in [3.63, 3.8) is 0 Å². The van der Waals surface area contributed by atoms with Gasteiger partial charge in [-0.2, -0.15) is 0 Å². The molecule has 0 unspecified atom stereocenters. The average Bonchev–Trinajstić information content (AvgIpc) is 3.17. The molecule has 1 saturated heterocycles. The number of carboxylic acids is 1. The van der Waals surface area contributed by atoms with Crippen LogP contribution >= 0.6 is 27.7 Å². The van der Waals surface area contributed by atoms with Gasteiger partial charge in [-0.25, -0.2) is 4.79 Å². The van der Waals surface area contributed by atoms with Crippen molar-refractivity contribution in [2.24, 2.45) is 0 Å². The fourth-order valence-corrected chi connectivity index (χ4v) is 4.85. The van der Waals surface area contributed by atoms with Crippen LogP contribution in [-0.2, 0) is 11.4 Å². The largest absolute Gasteiger partial charge is 0.490 e. The van der Waals surface area contributed by atoms with E-state index in [1.807, 2.05) is 6.92 Å². The Hall–Kier alpha value is -3.89. The molecule has 2 amide bonds. The minimum absolute atomic E-state index is 0.181. The van der Waals surface area contributed by atoms with Gasteiger partial charge in [-0.05, 0) is 60.2 Å². The number of Topliss-reactive ketones (excluding diaryl/α,β-unsaturated/α-hetero) is 1. The van der Waals surface area contributed by atoms with E-state index in [1.165, 1.54) is 12.1 Å². The summed E-state index contributed by atoms with van der Waals surface area (Å²) in [4.78, 5) is 50.2. The lowest BCUT2D eigenvalue weighted by molar-refractivity contribution is -0.122. The Morgan fingerprint density at radius 2 is 1.66 bits per heavy atom. The number of carbonyl (C=O) groups excluding carboxylic acids is 3. The van der Waals surface area contributed by atoms with Crippen molar-refractivity contribution in [3.05, 3.63) is 98.4 Å². The highest BCUT2D eigenvalue weighted by Crippen LogP contribution is 2.38. The van der Waals surface area contributed by atoms with E-state index in [2.05, 4.69) is 15.9 Å². The van der Waals surface area contributed by atoms with Crippen molar-refractivity contribution in [1.29, 1.82) is 0 Å². The summed E-state index contributed by atoms with van der Waals surface area (Å²) in [5, 5.41) is 8.54. The Kier molecular flexibility index (Phi) is 8.65. The zero-order valence-electron chi connectivity index (χ0n) is 20.2. The number of aromatic carboxylic acids is 1. The predicted octanol–water partition coefficient (Wildman–Crippen LogP) is 6.04. The van der Waals surface area contributed by atoms with Crippen LogP contribution in [0.1, 0.15) is 38.8 Å². The Bertz CT molecular complexity index is 1420. The number of carboxylic acid groups (broad SMARTS) is 1. The normalized spacial score (nSPS) is 14.2. The fraction of sp³-hybridized carbons (Fsp3) is 0.143. The molecular formula is C28H22BrNO7S. The molecular weight excluding hydrogens is 574 g/mol. The molecule has 1 aliphatic rings. The van der Waals surface area contributed by atoms with Gasteiger partial charge >= 0.3 is 5.97 Å². The second-order valence-electron chi connectivity index (χ2n) is 8.10. The molecule has 0 atom stereocenters. The molecule has 0 bridgehead atoms. The molecule has 1 heterocycles. The first kappa shape index (κ1) is 27.2. The zero-order chi connectivity index (χ0) is 27.2. The number of imide groups is 1. The molecule has 0 aromatic heterocycles. The van der Waals surface area contributed by atoms with E-state index in [4.69, 9.17) is 14.6 Å². The molecule has 1 fully saturated rings. The van der Waals surface area contributed by atoms with Gasteiger partial charge in [0, 0.05) is 10.0 Å². The average molecular weight is 596 g/mol. The van der Waals surface area contributed by atoms with Gasteiger partial charge in [0.05, 0.1) is 23.6 Å². The summed E-state index contributed by atoms with van der Waals surface area (Å²) in [7, 11) is 0. The number of nitrogens with zero attached hydrogens (tertiary/aromatic N) is 1. The first-order valence-corrected chi connectivity index (χ1v) is 13.1. The molecule has 10 heteroatoms. The lowest BCUT2D eigenvalue weighted by Crippen LogP contribution is -2.33. The van der Waals surface area contributed by atoms with E-state index in [9.17, 15) is 19.2 Å². The summed E-state index contributed by atoms with van der Waals surface area (Å²) in [6.07, 6.45) is 1.57. The Morgan fingerprint density at radius 3 is 2.32 bits per heavy atom. The number of hydrogen-bond acceptors (Lipinski definition) is 7. The quantitative estimate of drug-likeness (QED) is 0.223. The standard InChI is InChI=1S/C28H22BrNO7S/c1-2-36-23-12-20(21(29)14-24(23)37-16-17-8-10-19(11-9-17)27(33)34)13-25-26(32)30(28(35)38-25)15-22(31)18-6-4-3-5-7-18/h3-14H,2,15-16H2,1H3,(H,33,34)/b25-13-. The van der Waals surface area contributed by atoms with Gasteiger partial charge < -0.3 is 14.6 Å². The van der Waals surface area contributed by atoms with E-state index in [0.717, 1.165) is 22.2 Å². The summed E-state index contributed by atoms with van der Waals surface area (Å²) < 4.78 is 12.3. The van der Waals surface area contributed by atoms with Crippen molar-refractivity contribution < 1.29 is 33.8 Å². The van der Waals surface area contributed by atoms with Crippen LogP contribution in [0.15, 0.2) is 76.1 Å². The molecule has 4 rings (SSSR count). The van der Waals surface area contributed by atoms with Crippen molar-refractivity contribution in [2.75, 3.05) is 13.2 Å². The number of hydrogen-bond donors (Lipinski definition) is 1. The van der Waals surface area contributed by atoms with Gasteiger partial charge in [-0.3, -0.25) is 19.3 Å². The molecule has 3 aromatic rings. The maximum atomic E-state index is 13.0. The number of halogens is 1. The third kappa shape index (κ3) is 6.32. The molecule has 1 N–H and O–H groups in total. The molecule has 0 radical (unpaired) electrons. The number of thioether (sulfide) groups is 1. The van der Waals surface area contributed by atoms with Crippen molar-refractivity contribution in [3.8, 4) is 11.5 Å². The number of ether oxygens (including phenoxy) is 2. The van der Waals surface area contributed by atoms with Crippen LogP contribution in [0.25, 0.3) is 6.08 Å². The maximum Gasteiger partial charge on any atom is 0.335 e. The number of amides is 2. The maximum absolute atomic E-state index is 13.0. The minimum atomic E-state index is -1.00. The Morgan fingerprint density at radius 1 is 0.974 bits per heavy atom. The molecule has 0 aliphatic carbocycles. The van der Waals surface area contributed by atoms with Gasteiger partial charge in [-0.1, -0.05) is 58.4 Å².